The van der Waals surface area contributed by atoms with Crippen LogP contribution in [0, 0.1) is 17.8 Å². The number of rotatable bonds is 11. The fraction of sp³-hybridized carbons (Fsp3) is 0.655. The number of hydrogen-bond donors (Lipinski definition) is 0. The van der Waals surface area contributed by atoms with Gasteiger partial charge in [-0.25, -0.2) is 0 Å². The summed E-state index contributed by atoms with van der Waals surface area (Å²) in [6.45, 7) is 7.56. The third-order valence-electron chi connectivity index (χ3n) is 7.62. The summed E-state index contributed by atoms with van der Waals surface area (Å²) in [6.07, 6.45) is 22.9. The standard InChI is InChI=1S/C29H44O/c1-3-5-7-9-24-10-14-26(15-11-24)28-18-20-29(21-19-28)27-16-12-25(13-17-27)23-30-22-8-6-4-2/h4-5,7,12-13,16-17,24,26,28-29H,2-3,6,8-11,14-15,18-23H2,1H3/b7-5+/t24-,26-,28?,29?. The van der Waals surface area contributed by atoms with Gasteiger partial charge in [-0.2, -0.15) is 0 Å². The Morgan fingerprint density at radius 3 is 2.20 bits per heavy atom. The molecule has 0 aromatic heterocycles. The summed E-state index contributed by atoms with van der Waals surface area (Å²) in [6, 6.07) is 9.29. The molecule has 2 aliphatic carbocycles. The molecule has 0 N–H and O–H groups in total. The molecule has 0 bridgehead atoms. The normalized spacial score (nSPS) is 27.4. The van der Waals surface area contributed by atoms with Crippen LogP contribution >= 0.6 is 0 Å². The van der Waals surface area contributed by atoms with Gasteiger partial charge in [0, 0.05) is 6.61 Å². The van der Waals surface area contributed by atoms with Crippen LogP contribution < -0.4 is 0 Å². The molecule has 0 amide bonds. The Morgan fingerprint density at radius 1 is 0.900 bits per heavy atom. The highest BCUT2D eigenvalue weighted by Crippen LogP contribution is 2.44. The van der Waals surface area contributed by atoms with E-state index < -0.39 is 0 Å². The van der Waals surface area contributed by atoms with Crippen molar-refractivity contribution in [2.45, 2.75) is 96.5 Å². The number of ether oxygens (including phenoxy) is 1. The van der Waals surface area contributed by atoms with Crippen molar-refractivity contribution < 1.29 is 4.74 Å². The molecule has 0 heterocycles. The van der Waals surface area contributed by atoms with Gasteiger partial charge >= 0.3 is 0 Å². The number of unbranched alkanes of at least 4 members (excludes halogenated alkanes) is 1. The maximum absolute atomic E-state index is 5.77. The first-order valence-corrected chi connectivity index (χ1v) is 12.7. The first-order chi connectivity index (χ1) is 14.8. The zero-order chi connectivity index (χ0) is 21.0. The Bertz CT molecular complexity index is 612. The number of allylic oxidation sites excluding steroid dienone is 3. The minimum atomic E-state index is 0.737. The van der Waals surface area contributed by atoms with Crippen LogP contribution in [0.2, 0.25) is 0 Å². The van der Waals surface area contributed by atoms with E-state index in [0.29, 0.717) is 0 Å². The highest BCUT2D eigenvalue weighted by molar-refractivity contribution is 5.25. The molecule has 166 valence electrons. The van der Waals surface area contributed by atoms with Crippen LogP contribution in [0.4, 0.5) is 0 Å². The summed E-state index contributed by atoms with van der Waals surface area (Å²) in [7, 11) is 0. The van der Waals surface area contributed by atoms with Crippen molar-refractivity contribution in [2.24, 2.45) is 17.8 Å². The molecule has 30 heavy (non-hydrogen) atoms. The maximum atomic E-state index is 5.77. The van der Waals surface area contributed by atoms with Gasteiger partial charge in [-0.15, -0.1) is 6.58 Å². The molecule has 2 aliphatic rings. The van der Waals surface area contributed by atoms with Crippen molar-refractivity contribution in [2.75, 3.05) is 6.61 Å². The zero-order valence-electron chi connectivity index (χ0n) is 19.4. The fourth-order valence-electron chi connectivity index (χ4n) is 5.68. The van der Waals surface area contributed by atoms with Gasteiger partial charge in [-0.1, -0.05) is 49.4 Å². The SMILES string of the molecule is C=CCCCOCc1ccc(C2CCC([C@H]3CC[C@H](C/C=C/CC)CC3)CC2)cc1. The van der Waals surface area contributed by atoms with Crippen LogP contribution in [0.5, 0.6) is 0 Å². The first-order valence-electron chi connectivity index (χ1n) is 12.7. The summed E-state index contributed by atoms with van der Waals surface area (Å²) in [5.74, 6) is 3.75. The van der Waals surface area contributed by atoms with Gasteiger partial charge in [-0.3, -0.25) is 0 Å². The molecule has 1 nitrogen and oxygen atoms in total. The molecule has 1 aromatic carbocycles. The van der Waals surface area contributed by atoms with Crippen LogP contribution in [-0.4, -0.2) is 6.61 Å². The lowest BCUT2D eigenvalue weighted by Crippen LogP contribution is -2.25. The fourth-order valence-corrected chi connectivity index (χ4v) is 5.68. The molecule has 2 saturated carbocycles. The van der Waals surface area contributed by atoms with Gasteiger partial charge in [0.25, 0.3) is 0 Å². The third-order valence-corrected chi connectivity index (χ3v) is 7.62. The molecule has 0 atom stereocenters. The molecule has 1 heteroatoms. The van der Waals surface area contributed by atoms with Crippen LogP contribution in [0.25, 0.3) is 0 Å². The van der Waals surface area contributed by atoms with Crippen LogP contribution in [0.15, 0.2) is 49.1 Å². The summed E-state index contributed by atoms with van der Waals surface area (Å²) < 4.78 is 5.77. The van der Waals surface area contributed by atoms with Gasteiger partial charge in [-0.05, 0) is 112 Å². The Balaban J connectivity index is 1.36. The van der Waals surface area contributed by atoms with E-state index in [9.17, 15) is 0 Å². The Hall–Kier alpha value is -1.34. The summed E-state index contributed by atoms with van der Waals surface area (Å²) in [5.41, 5.74) is 2.85. The predicted octanol–water partition coefficient (Wildman–Crippen LogP) is 8.61. The van der Waals surface area contributed by atoms with E-state index in [-0.39, 0.29) is 0 Å². The van der Waals surface area contributed by atoms with Crippen molar-refractivity contribution in [3.63, 3.8) is 0 Å². The lowest BCUT2D eigenvalue weighted by Gasteiger charge is -2.38. The number of benzene rings is 1. The van der Waals surface area contributed by atoms with Crippen molar-refractivity contribution in [3.05, 3.63) is 60.2 Å². The highest BCUT2D eigenvalue weighted by atomic mass is 16.5. The van der Waals surface area contributed by atoms with Gasteiger partial charge in [0.05, 0.1) is 6.61 Å². The van der Waals surface area contributed by atoms with E-state index in [1.807, 2.05) is 6.08 Å². The smallest absolute Gasteiger partial charge is 0.0716 e. The minimum absolute atomic E-state index is 0.737. The van der Waals surface area contributed by atoms with Crippen LogP contribution in [-0.2, 0) is 11.3 Å². The summed E-state index contributed by atoms with van der Waals surface area (Å²) >= 11 is 0. The van der Waals surface area contributed by atoms with E-state index in [1.165, 1.54) is 69.8 Å². The Kier molecular flexibility index (Phi) is 10.2. The van der Waals surface area contributed by atoms with Crippen molar-refractivity contribution in [1.82, 2.24) is 0 Å². The average Bonchev–Trinajstić information content (AvgIpc) is 2.80. The lowest BCUT2D eigenvalue weighted by atomic mass is 9.68. The van der Waals surface area contributed by atoms with E-state index in [0.717, 1.165) is 49.7 Å². The summed E-state index contributed by atoms with van der Waals surface area (Å²) in [4.78, 5) is 0. The van der Waals surface area contributed by atoms with Gasteiger partial charge in [0.2, 0.25) is 0 Å². The van der Waals surface area contributed by atoms with E-state index in [4.69, 9.17) is 4.74 Å². The topological polar surface area (TPSA) is 9.23 Å². The Labute approximate surface area is 186 Å². The van der Waals surface area contributed by atoms with Crippen molar-refractivity contribution in [3.8, 4) is 0 Å². The number of hydrogen-bond acceptors (Lipinski definition) is 1. The van der Waals surface area contributed by atoms with Crippen LogP contribution in [0.1, 0.15) is 101 Å². The molecule has 0 unspecified atom stereocenters. The molecule has 0 radical (unpaired) electrons. The first kappa shape index (κ1) is 23.3. The van der Waals surface area contributed by atoms with Crippen molar-refractivity contribution >= 4 is 0 Å². The quantitative estimate of drug-likeness (QED) is 0.263. The van der Waals surface area contributed by atoms with E-state index >= 15 is 0 Å². The predicted molar refractivity (Wildman–Crippen MR) is 130 cm³/mol. The second kappa shape index (κ2) is 13.2. The molecule has 0 aliphatic heterocycles. The maximum Gasteiger partial charge on any atom is 0.0716 e. The second-order valence-corrected chi connectivity index (χ2v) is 9.73. The Morgan fingerprint density at radius 2 is 1.57 bits per heavy atom. The third kappa shape index (κ3) is 7.41. The van der Waals surface area contributed by atoms with Gasteiger partial charge < -0.3 is 4.74 Å². The molecule has 3 rings (SSSR count). The molecular formula is C29H44O. The molecule has 1 aromatic rings. The van der Waals surface area contributed by atoms with Gasteiger partial charge in [0.15, 0.2) is 0 Å². The highest BCUT2D eigenvalue weighted by Gasteiger charge is 2.30. The monoisotopic (exact) mass is 408 g/mol. The zero-order valence-corrected chi connectivity index (χ0v) is 19.4. The van der Waals surface area contributed by atoms with E-state index in [1.54, 1.807) is 5.56 Å². The lowest BCUT2D eigenvalue weighted by molar-refractivity contribution is 0.119. The van der Waals surface area contributed by atoms with E-state index in [2.05, 4.69) is 49.9 Å². The molecule has 0 spiro atoms. The van der Waals surface area contributed by atoms with Gasteiger partial charge in [0.1, 0.15) is 0 Å². The minimum Gasteiger partial charge on any atom is -0.377 e. The molecular weight excluding hydrogens is 364 g/mol. The van der Waals surface area contributed by atoms with Crippen LogP contribution in [0.3, 0.4) is 0 Å². The largest absolute Gasteiger partial charge is 0.377 e. The molecule has 0 saturated heterocycles. The summed E-state index contributed by atoms with van der Waals surface area (Å²) in [5, 5.41) is 0. The average molecular weight is 409 g/mol. The molecule has 2 fully saturated rings. The second-order valence-electron chi connectivity index (χ2n) is 9.73. The van der Waals surface area contributed by atoms with Crippen molar-refractivity contribution in [1.29, 1.82) is 0 Å².